The number of aliphatic hydroxyl groups excluding tert-OH is 1. The van der Waals surface area contributed by atoms with Gasteiger partial charge in [-0.1, -0.05) is 13.8 Å². The second-order valence-electron chi connectivity index (χ2n) is 6.39. The molecule has 0 spiro atoms. The van der Waals surface area contributed by atoms with Gasteiger partial charge in [-0.2, -0.15) is 5.10 Å². The van der Waals surface area contributed by atoms with Gasteiger partial charge in [0.2, 0.25) is 0 Å². The van der Waals surface area contributed by atoms with Crippen molar-refractivity contribution in [1.29, 1.82) is 0 Å². The van der Waals surface area contributed by atoms with E-state index < -0.39 is 0 Å². The van der Waals surface area contributed by atoms with Gasteiger partial charge in [-0.15, -0.1) is 0 Å². The van der Waals surface area contributed by atoms with E-state index in [4.69, 9.17) is 0 Å². The van der Waals surface area contributed by atoms with Gasteiger partial charge in [0, 0.05) is 31.4 Å². The third kappa shape index (κ3) is 3.57. The van der Waals surface area contributed by atoms with E-state index in [1.807, 2.05) is 24.1 Å². The maximum atomic E-state index is 10.3. The zero-order valence-electron chi connectivity index (χ0n) is 12.6. The number of rotatable bonds is 4. The SMILES string of the molecule is CC(C)C1CCC(O)C(N(C)Cc2cnn(C)c2)C1. The topological polar surface area (TPSA) is 41.3 Å². The van der Waals surface area contributed by atoms with Crippen molar-refractivity contribution in [2.75, 3.05) is 7.05 Å². The van der Waals surface area contributed by atoms with Crippen molar-refractivity contribution in [3.8, 4) is 0 Å². The van der Waals surface area contributed by atoms with Crippen LogP contribution in [0.15, 0.2) is 12.4 Å². The van der Waals surface area contributed by atoms with Crippen molar-refractivity contribution in [2.24, 2.45) is 18.9 Å². The number of nitrogens with zero attached hydrogens (tertiary/aromatic N) is 3. The Morgan fingerprint density at radius 3 is 2.79 bits per heavy atom. The third-order valence-electron chi connectivity index (χ3n) is 4.52. The zero-order chi connectivity index (χ0) is 14.0. The lowest BCUT2D eigenvalue weighted by Crippen LogP contribution is -2.45. The van der Waals surface area contributed by atoms with E-state index in [0.717, 1.165) is 31.7 Å². The summed E-state index contributed by atoms with van der Waals surface area (Å²) in [6.45, 7) is 5.45. The molecule has 3 unspecified atom stereocenters. The van der Waals surface area contributed by atoms with E-state index in [9.17, 15) is 5.11 Å². The second kappa shape index (κ2) is 6.06. The van der Waals surface area contributed by atoms with Crippen LogP contribution in [0, 0.1) is 11.8 Å². The second-order valence-corrected chi connectivity index (χ2v) is 6.39. The highest BCUT2D eigenvalue weighted by atomic mass is 16.3. The molecule has 0 bridgehead atoms. The molecule has 1 aliphatic carbocycles. The average molecular weight is 265 g/mol. The first-order valence-corrected chi connectivity index (χ1v) is 7.33. The summed E-state index contributed by atoms with van der Waals surface area (Å²) in [7, 11) is 4.05. The minimum Gasteiger partial charge on any atom is -0.391 e. The van der Waals surface area contributed by atoms with Gasteiger partial charge in [-0.05, 0) is 38.1 Å². The van der Waals surface area contributed by atoms with Crippen LogP contribution in [0.4, 0.5) is 0 Å². The van der Waals surface area contributed by atoms with Crippen molar-refractivity contribution >= 4 is 0 Å². The van der Waals surface area contributed by atoms with Gasteiger partial charge in [0.05, 0.1) is 12.3 Å². The van der Waals surface area contributed by atoms with Gasteiger partial charge in [-0.3, -0.25) is 9.58 Å². The molecule has 0 aliphatic heterocycles. The molecule has 0 aromatic carbocycles. The molecule has 0 saturated heterocycles. The minimum atomic E-state index is -0.184. The van der Waals surface area contributed by atoms with Crippen LogP contribution in [0.5, 0.6) is 0 Å². The van der Waals surface area contributed by atoms with E-state index in [1.165, 1.54) is 5.56 Å². The van der Waals surface area contributed by atoms with Gasteiger partial charge >= 0.3 is 0 Å². The van der Waals surface area contributed by atoms with Crippen molar-refractivity contribution in [2.45, 2.75) is 51.8 Å². The molecule has 1 heterocycles. The van der Waals surface area contributed by atoms with Gasteiger partial charge in [0.25, 0.3) is 0 Å². The summed E-state index contributed by atoms with van der Waals surface area (Å²) in [5.41, 5.74) is 1.21. The summed E-state index contributed by atoms with van der Waals surface area (Å²) >= 11 is 0. The fourth-order valence-corrected chi connectivity index (χ4v) is 3.20. The lowest BCUT2D eigenvalue weighted by molar-refractivity contribution is 0.00314. The molecule has 1 aromatic heterocycles. The number of hydrogen-bond donors (Lipinski definition) is 1. The van der Waals surface area contributed by atoms with Crippen molar-refractivity contribution in [1.82, 2.24) is 14.7 Å². The lowest BCUT2D eigenvalue weighted by atomic mass is 9.77. The summed E-state index contributed by atoms with van der Waals surface area (Å²) < 4.78 is 1.83. The van der Waals surface area contributed by atoms with Crippen LogP contribution in [-0.2, 0) is 13.6 Å². The van der Waals surface area contributed by atoms with Crippen LogP contribution in [0.2, 0.25) is 0 Å². The summed E-state index contributed by atoms with van der Waals surface area (Å²) in [5, 5.41) is 14.5. The Kier molecular flexibility index (Phi) is 4.63. The molecule has 0 radical (unpaired) electrons. The Labute approximate surface area is 116 Å². The molecule has 2 rings (SSSR count). The molecular weight excluding hydrogens is 238 g/mol. The van der Waals surface area contributed by atoms with E-state index >= 15 is 0 Å². The molecule has 1 aromatic rings. The number of aromatic nitrogens is 2. The standard InChI is InChI=1S/C15H27N3O/c1-11(2)13-5-6-15(19)14(7-13)17(3)9-12-8-16-18(4)10-12/h8,10-11,13-15,19H,5-7,9H2,1-4H3. The van der Waals surface area contributed by atoms with Gasteiger partial charge in [0.15, 0.2) is 0 Å². The molecule has 4 nitrogen and oxygen atoms in total. The highest BCUT2D eigenvalue weighted by Crippen LogP contribution is 2.32. The Morgan fingerprint density at radius 2 is 2.21 bits per heavy atom. The first kappa shape index (κ1) is 14.5. The molecule has 1 fully saturated rings. The molecule has 3 atom stereocenters. The van der Waals surface area contributed by atoms with Gasteiger partial charge < -0.3 is 5.11 Å². The Balaban J connectivity index is 1.98. The van der Waals surface area contributed by atoms with Gasteiger partial charge in [-0.25, -0.2) is 0 Å². The highest BCUT2D eigenvalue weighted by molar-refractivity contribution is 5.04. The molecule has 1 N–H and O–H groups in total. The summed E-state index contributed by atoms with van der Waals surface area (Å²) in [6, 6.07) is 0.279. The maximum absolute atomic E-state index is 10.3. The number of likely N-dealkylation sites (N-methyl/N-ethyl adjacent to an activating group) is 1. The quantitative estimate of drug-likeness (QED) is 0.906. The van der Waals surface area contributed by atoms with Crippen LogP contribution < -0.4 is 0 Å². The molecule has 4 heteroatoms. The molecular formula is C15H27N3O. The molecule has 1 aliphatic rings. The molecule has 0 amide bonds. The van der Waals surface area contributed by atoms with Crippen LogP contribution in [0.25, 0.3) is 0 Å². The van der Waals surface area contributed by atoms with E-state index in [0.29, 0.717) is 5.92 Å². The predicted molar refractivity (Wildman–Crippen MR) is 76.6 cm³/mol. The van der Waals surface area contributed by atoms with Gasteiger partial charge in [0.1, 0.15) is 0 Å². The van der Waals surface area contributed by atoms with Crippen LogP contribution in [-0.4, -0.2) is 39.0 Å². The number of aliphatic hydroxyl groups is 1. The van der Waals surface area contributed by atoms with Crippen molar-refractivity contribution in [3.63, 3.8) is 0 Å². The average Bonchev–Trinajstić information content (AvgIpc) is 2.74. The monoisotopic (exact) mass is 265 g/mol. The normalized spacial score (nSPS) is 28.3. The zero-order valence-corrected chi connectivity index (χ0v) is 12.6. The Morgan fingerprint density at radius 1 is 1.47 bits per heavy atom. The first-order valence-electron chi connectivity index (χ1n) is 7.33. The molecule has 19 heavy (non-hydrogen) atoms. The Hall–Kier alpha value is -0.870. The van der Waals surface area contributed by atoms with Crippen molar-refractivity contribution < 1.29 is 5.11 Å². The van der Waals surface area contributed by atoms with E-state index in [-0.39, 0.29) is 12.1 Å². The van der Waals surface area contributed by atoms with Crippen LogP contribution in [0.3, 0.4) is 0 Å². The first-order chi connectivity index (χ1) is 8.97. The molecule has 1 saturated carbocycles. The highest BCUT2D eigenvalue weighted by Gasteiger charge is 2.33. The minimum absolute atomic E-state index is 0.184. The molecule has 108 valence electrons. The summed E-state index contributed by atoms with van der Waals surface area (Å²) in [4.78, 5) is 2.29. The summed E-state index contributed by atoms with van der Waals surface area (Å²) in [5.74, 6) is 1.45. The van der Waals surface area contributed by atoms with E-state index in [1.54, 1.807) is 0 Å². The van der Waals surface area contributed by atoms with E-state index in [2.05, 4.69) is 30.9 Å². The fraction of sp³-hybridized carbons (Fsp3) is 0.800. The third-order valence-corrected chi connectivity index (χ3v) is 4.52. The smallest absolute Gasteiger partial charge is 0.0695 e. The van der Waals surface area contributed by atoms with Crippen molar-refractivity contribution in [3.05, 3.63) is 18.0 Å². The largest absolute Gasteiger partial charge is 0.391 e. The fourth-order valence-electron chi connectivity index (χ4n) is 3.20. The summed E-state index contributed by atoms with van der Waals surface area (Å²) in [6.07, 6.45) is 6.98. The number of aryl methyl sites for hydroxylation is 1. The number of hydrogen-bond acceptors (Lipinski definition) is 3. The predicted octanol–water partition coefficient (Wildman–Crippen LogP) is 2.04. The van der Waals surface area contributed by atoms with Crippen LogP contribution >= 0.6 is 0 Å². The Bertz CT molecular complexity index is 402. The maximum Gasteiger partial charge on any atom is 0.0695 e. The van der Waals surface area contributed by atoms with Crippen LogP contribution in [0.1, 0.15) is 38.7 Å². The lowest BCUT2D eigenvalue weighted by Gasteiger charge is -2.40.